The summed E-state index contributed by atoms with van der Waals surface area (Å²) in [7, 11) is 1.50. The maximum atomic E-state index is 11.9. The van der Waals surface area contributed by atoms with Gasteiger partial charge in [-0.2, -0.15) is 0 Å². The normalized spacial score (nSPS) is 11.2. The van der Waals surface area contributed by atoms with E-state index in [1.807, 2.05) is 13.8 Å². The summed E-state index contributed by atoms with van der Waals surface area (Å²) >= 11 is 0. The second-order valence-electron chi connectivity index (χ2n) is 4.38. The summed E-state index contributed by atoms with van der Waals surface area (Å²) in [5.74, 6) is 0.345. The number of rotatable bonds is 5. The lowest BCUT2D eigenvalue weighted by Crippen LogP contribution is -2.39. The first-order valence-electron chi connectivity index (χ1n) is 5.87. The quantitative estimate of drug-likeness (QED) is 0.872. The van der Waals surface area contributed by atoms with Crippen LogP contribution in [0, 0.1) is 6.92 Å². The molecule has 0 unspecified atom stereocenters. The number of amides is 1. The highest BCUT2D eigenvalue weighted by Gasteiger charge is 2.27. The number of nitrogens with zero attached hydrogens (tertiary/aromatic N) is 1. The largest absolute Gasteiger partial charge is 0.478 e. The van der Waals surface area contributed by atoms with E-state index in [4.69, 9.17) is 9.47 Å². The molecular formula is C13H20N2O3. The van der Waals surface area contributed by atoms with Crippen LogP contribution >= 0.6 is 0 Å². The van der Waals surface area contributed by atoms with Gasteiger partial charge < -0.3 is 14.8 Å². The van der Waals surface area contributed by atoms with E-state index in [2.05, 4.69) is 10.3 Å². The summed E-state index contributed by atoms with van der Waals surface area (Å²) in [6, 6.07) is 3.50. The van der Waals surface area contributed by atoms with Crippen LogP contribution in [0.25, 0.3) is 0 Å². The SMILES string of the molecule is CCOc1ccc(NC(=O)C(C)(C)OC)c(C)n1. The fraction of sp³-hybridized carbons (Fsp3) is 0.538. The number of ether oxygens (including phenoxy) is 2. The van der Waals surface area contributed by atoms with E-state index in [0.717, 1.165) is 0 Å². The zero-order valence-electron chi connectivity index (χ0n) is 11.5. The Morgan fingerprint density at radius 1 is 1.44 bits per heavy atom. The molecule has 1 aromatic rings. The zero-order valence-corrected chi connectivity index (χ0v) is 11.5. The van der Waals surface area contributed by atoms with Crippen molar-refractivity contribution < 1.29 is 14.3 Å². The highest BCUT2D eigenvalue weighted by Crippen LogP contribution is 2.19. The molecule has 0 bridgehead atoms. The topological polar surface area (TPSA) is 60.5 Å². The van der Waals surface area contributed by atoms with Crippen molar-refractivity contribution >= 4 is 11.6 Å². The van der Waals surface area contributed by atoms with Crippen LogP contribution in [0.3, 0.4) is 0 Å². The van der Waals surface area contributed by atoms with E-state index in [0.29, 0.717) is 23.9 Å². The van der Waals surface area contributed by atoms with Crippen LogP contribution in [0.15, 0.2) is 12.1 Å². The van der Waals surface area contributed by atoms with E-state index >= 15 is 0 Å². The smallest absolute Gasteiger partial charge is 0.256 e. The van der Waals surface area contributed by atoms with E-state index in [1.165, 1.54) is 7.11 Å². The molecule has 1 rings (SSSR count). The number of pyridine rings is 1. The molecule has 0 aliphatic heterocycles. The number of methoxy groups -OCH3 is 1. The highest BCUT2D eigenvalue weighted by molar-refractivity contribution is 5.97. The molecule has 0 atom stereocenters. The number of aryl methyl sites for hydroxylation is 1. The molecule has 0 fully saturated rings. The standard InChI is InChI=1S/C13H20N2O3/c1-6-18-11-8-7-10(9(2)14-11)15-12(16)13(3,4)17-5/h7-8H,6H2,1-5H3,(H,15,16). The van der Waals surface area contributed by atoms with Crippen molar-refractivity contribution in [1.82, 2.24) is 4.98 Å². The van der Waals surface area contributed by atoms with Crippen LogP contribution in [0.1, 0.15) is 26.5 Å². The van der Waals surface area contributed by atoms with Crippen LogP contribution in [-0.4, -0.2) is 30.2 Å². The Hall–Kier alpha value is -1.62. The molecule has 1 heterocycles. The maximum absolute atomic E-state index is 11.9. The van der Waals surface area contributed by atoms with E-state index in [1.54, 1.807) is 26.0 Å². The van der Waals surface area contributed by atoms with Crippen molar-refractivity contribution in [2.45, 2.75) is 33.3 Å². The molecule has 1 aromatic heterocycles. The molecular weight excluding hydrogens is 232 g/mol. The fourth-order valence-electron chi connectivity index (χ4n) is 1.26. The third-order valence-electron chi connectivity index (χ3n) is 2.66. The number of aromatic nitrogens is 1. The Labute approximate surface area is 108 Å². The molecule has 0 saturated carbocycles. The van der Waals surface area contributed by atoms with Crippen LogP contribution < -0.4 is 10.1 Å². The van der Waals surface area contributed by atoms with Crippen molar-refractivity contribution in [3.05, 3.63) is 17.8 Å². The highest BCUT2D eigenvalue weighted by atomic mass is 16.5. The lowest BCUT2D eigenvalue weighted by atomic mass is 10.1. The molecule has 0 saturated heterocycles. The maximum Gasteiger partial charge on any atom is 0.256 e. The molecule has 0 aliphatic rings. The first kappa shape index (κ1) is 14.4. The molecule has 18 heavy (non-hydrogen) atoms. The van der Waals surface area contributed by atoms with E-state index in [-0.39, 0.29) is 5.91 Å². The van der Waals surface area contributed by atoms with Crippen molar-refractivity contribution in [3.63, 3.8) is 0 Å². The van der Waals surface area contributed by atoms with Gasteiger partial charge in [0.15, 0.2) is 0 Å². The van der Waals surface area contributed by atoms with Gasteiger partial charge in [-0.25, -0.2) is 4.98 Å². The lowest BCUT2D eigenvalue weighted by Gasteiger charge is -2.22. The fourth-order valence-corrected chi connectivity index (χ4v) is 1.26. The van der Waals surface area contributed by atoms with Crippen molar-refractivity contribution in [2.24, 2.45) is 0 Å². The Morgan fingerprint density at radius 3 is 2.61 bits per heavy atom. The lowest BCUT2D eigenvalue weighted by molar-refractivity contribution is -0.133. The number of carbonyl (C=O) groups is 1. The third-order valence-corrected chi connectivity index (χ3v) is 2.66. The predicted molar refractivity (Wildman–Crippen MR) is 69.9 cm³/mol. The molecule has 0 aliphatic carbocycles. The summed E-state index contributed by atoms with van der Waals surface area (Å²) in [6.07, 6.45) is 0. The Balaban J connectivity index is 2.83. The average Bonchev–Trinajstić information content (AvgIpc) is 2.32. The number of hydrogen-bond acceptors (Lipinski definition) is 4. The predicted octanol–water partition coefficient (Wildman–Crippen LogP) is 2.15. The summed E-state index contributed by atoms with van der Waals surface area (Å²) in [4.78, 5) is 16.2. The number of nitrogens with one attached hydrogen (secondary N) is 1. The van der Waals surface area contributed by atoms with Gasteiger partial charge in [0.2, 0.25) is 5.88 Å². The third kappa shape index (κ3) is 3.43. The number of anilines is 1. The molecule has 0 spiro atoms. The molecule has 1 amide bonds. The molecule has 5 heteroatoms. The van der Waals surface area contributed by atoms with Gasteiger partial charge in [0.05, 0.1) is 18.0 Å². The zero-order chi connectivity index (χ0) is 13.8. The van der Waals surface area contributed by atoms with Gasteiger partial charge in [0, 0.05) is 13.2 Å². The van der Waals surface area contributed by atoms with Gasteiger partial charge in [0.1, 0.15) is 5.60 Å². The first-order valence-corrected chi connectivity index (χ1v) is 5.87. The van der Waals surface area contributed by atoms with Crippen LogP contribution in [0.2, 0.25) is 0 Å². The Morgan fingerprint density at radius 2 is 2.11 bits per heavy atom. The van der Waals surface area contributed by atoms with Crippen LogP contribution in [-0.2, 0) is 9.53 Å². The Bertz CT molecular complexity index is 430. The number of carbonyl (C=O) groups excluding carboxylic acids is 1. The molecule has 5 nitrogen and oxygen atoms in total. The van der Waals surface area contributed by atoms with Gasteiger partial charge in [-0.15, -0.1) is 0 Å². The summed E-state index contributed by atoms with van der Waals surface area (Å²) in [5.41, 5.74) is 0.500. The number of hydrogen-bond donors (Lipinski definition) is 1. The molecule has 0 aromatic carbocycles. The average molecular weight is 252 g/mol. The van der Waals surface area contributed by atoms with Gasteiger partial charge >= 0.3 is 0 Å². The van der Waals surface area contributed by atoms with Crippen LogP contribution in [0.5, 0.6) is 5.88 Å². The van der Waals surface area contributed by atoms with Crippen molar-refractivity contribution in [3.8, 4) is 5.88 Å². The van der Waals surface area contributed by atoms with Gasteiger partial charge in [-0.3, -0.25) is 4.79 Å². The second-order valence-corrected chi connectivity index (χ2v) is 4.38. The summed E-state index contributed by atoms with van der Waals surface area (Å²) in [5, 5.41) is 2.79. The Kier molecular flexibility index (Phi) is 4.67. The molecule has 100 valence electrons. The second kappa shape index (κ2) is 5.82. The molecule has 1 N–H and O–H groups in total. The summed E-state index contributed by atoms with van der Waals surface area (Å²) < 4.78 is 10.4. The first-order chi connectivity index (χ1) is 8.40. The minimum atomic E-state index is -0.870. The minimum Gasteiger partial charge on any atom is -0.478 e. The van der Waals surface area contributed by atoms with Gasteiger partial charge in [-0.1, -0.05) is 0 Å². The van der Waals surface area contributed by atoms with Crippen molar-refractivity contribution in [2.75, 3.05) is 19.0 Å². The minimum absolute atomic E-state index is 0.209. The van der Waals surface area contributed by atoms with Crippen LogP contribution in [0.4, 0.5) is 5.69 Å². The van der Waals surface area contributed by atoms with E-state index in [9.17, 15) is 4.79 Å². The van der Waals surface area contributed by atoms with Gasteiger partial charge in [0.25, 0.3) is 5.91 Å². The molecule has 0 radical (unpaired) electrons. The summed E-state index contributed by atoms with van der Waals surface area (Å²) in [6.45, 7) is 7.69. The monoisotopic (exact) mass is 252 g/mol. The van der Waals surface area contributed by atoms with E-state index < -0.39 is 5.60 Å². The van der Waals surface area contributed by atoms with Crippen molar-refractivity contribution in [1.29, 1.82) is 0 Å². The van der Waals surface area contributed by atoms with Gasteiger partial charge in [-0.05, 0) is 33.8 Å².